The molecule has 0 radical (unpaired) electrons. The normalized spacial score (nSPS) is 21.4. The predicted molar refractivity (Wildman–Crippen MR) is 159 cm³/mol. The van der Waals surface area contributed by atoms with Gasteiger partial charge < -0.3 is 24.6 Å². The van der Waals surface area contributed by atoms with Gasteiger partial charge in [-0.3, -0.25) is 9.59 Å². The van der Waals surface area contributed by atoms with E-state index in [1.165, 1.54) is 24.2 Å². The first kappa shape index (κ1) is 28.5. The van der Waals surface area contributed by atoms with Gasteiger partial charge in [-0.15, -0.1) is 11.8 Å². The first-order valence-electron chi connectivity index (χ1n) is 13.5. The minimum atomic E-state index is -0.983. The van der Waals surface area contributed by atoms with Crippen LogP contribution in [0.4, 0.5) is 5.69 Å². The lowest BCUT2D eigenvalue weighted by molar-refractivity contribution is -0.152. The Hall–Kier alpha value is -3.04. The summed E-state index contributed by atoms with van der Waals surface area (Å²) in [4.78, 5) is 31.4. The number of nitrogens with zero attached hydrogens (tertiary/aromatic N) is 2. The highest BCUT2D eigenvalue weighted by Crippen LogP contribution is 2.47. The number of esters is 1. The van der Waals surface area contributed by atoms with Gasteiger partial charge in [-0.25, -0.2) is 0 Å². The van der Waals surface area contributed by atoms with E-state index in [4.69, 9.17) is 21.1 Å². The highest BCUT2D eigenvalue weighted by Gasteiger charge is 2.41. The molecule has 1 fully saturated rings. The van der Waals surface area contributed by atoms with Crippen LogP contribution in [0.2, 0.25) is 5.02 Å². The van der Waals surface area contributed by atoms with Crippen LogP contribution in [0.25, 0.3) is 0 Å². The van der Waals surface area contributed by atoms with Crippen molar-refractivity contribution in [2.24, 2.45) is 0 Å². The van der Waals surface area contributed by atoms with Gasteiger partial charge in [-0.05, 0) is 54.4 Å². The molecule has 9 heteroatoms. The van der Waals surface area contributed by atoms with Crippen molar-refractivity contribution in [2.45, 2.75) is 35.6 Å². The summed E-state index contributed by atoms with van der Waals surface area (Å²) >= 11 is 7.90. The number of hydrogen-bond acceptors (Lipinski definition) is 7. The molecule has 3 aromatic rings. The molecule has 1 amide bonds. The highest BCUT2D eigenvalue weighted by molar-refractivity contribution is 7.99. The minimum absolute atomic E-state index is 0.230. The number of rotatable bonds is 8. The highest BCUT2D eigenvalue weighted by atomic mass is 35.5. The van der Waals surface area contributed by atoms with Gasteiger partial charge in [0.2, 0.25) is 0 Å². The maximum absolute atomic E-state index is 14.1. The average Bonchev–Trinajstić information content (AvgIpc) is 3.08. The molecule has 7 nitrogen and oxygen atoms in total. The number of halogens is 1. The third kappa shape index (κ3) is 6.63. The van der Waals surface area contributed by atoms with Gasteiger partial charge in [-0.1, -0.05) is 54.1 Å². The van der Waals surface area contributed by atoms with Crippen LogP contribution in [0.3, 0.4) is 0 Å². The first-order valence-corrected chi connectivity index (χ1v) is 14.8. The number of piperazine rings is 1. The molecule has 1 N–H and O–H groups in total. The first-order chi connectivity index (χ1) is 19.4. The third-order valence-electron chi connectivity index (χ3n) is 7.31. The Balaban J connectivity index is 1.36. The van der Waals surface area contributed by atoms with Crippen molar-refractivity contribution in [1.82, 2.24) is 10.2 Å². The largest absolute Gasteiger partial charge is 0.497 e. The zero-order valence-corrected chi connectivity index (χ0v) is 24.3. The fraction of sp³-hybridized carbons (Fsp3) is 0.355. The van der Waals surface area contributed by atoms with Crippen LogP contribution in [0.5, 0.6) is 5.75 Å². The quantitative estimate of drug-likeness (QED) is 0.354. The zero-order valence-electron chi connectivity index (χ0n) is 22.7. The van der Waals surface area contributed by atoms with E-state index in [1.54, 1.807) is 18.1 Å². The number of carbonyl (C=O) groups excluding carboxylic acids is 2. The Morgan fingerprint density at radius 3 is 2.55 bits per heavy atom. The summed E-state index contributed by atoms with van der Waals surface area (Å²) in [6, 6.07) is 23.9. The van der Waals surface area contributed by atoms with Crippen molar-refractivity contribution in [3.8, 4) is 5.75 Å². The number of hydrogen-bond donors (Lipinski definition) is 1. The predicted octanol–water partition coefficient (Wildman–Crippen LogP) is 5.50. The number of fused-ring (bicyclic) bond motifs is 1. The van der Waals surface area contributed by atoms with Crippen molar-refractivity contribution in [1.29, 1.82) is 0 Å². The number of amides is 1. The molecule has 2 aliphatic rings. The molecule has 0 aromatic heterocycles. The summed E-state index contributed by atoms with van der Waals surface area (Å²) in [7, 11) is 1.61. The molecule has 0 aliphatic carbocycles. The van der Waals surface area contributed by atoms with Crippen LogP contribution in [-0.4, -0.2) is 62.7 Å². The van der Waals surface area contributed by atoms with Gasteiger partial charge >= 0.3 is 5.97 Å². The summed E-state index contributed by atoms with van der Waals surface area (Å²) in [5.74, 6) is -0.00791. The Kier molecular flexibility index (Phi) is 9.32. The SMILES string of the molecule is COc1ccc([C@@H]2Sc3cc(Cl)ccc3N(CCCN3CCNC(c4ccccc4)C3)C(=O)[C@@H]2OC(C)=O)cc1. The van der Waals surface area contributed by atoms with Gasteiger partial charge in [-0.2, -0.15) is 0 Å². The van der Waals surface area contributed by atoms with Crippen molar-refractivity contribution >= 4 is 40.9 Å². The molecule has 40 heavy (non-hydrogen) atoms. The van der Waals surface area contributed by atoms with Gasteiger partial charge in [0.1, 0.15) is 5.75 Å². The molecule has 2 aliphatic heterocycles. The number of carbonyl (C=O) groups is 2. The second kappa shape index (κ2) is 13.1. The molecule has 210 valence electrons. The van der Waals surface area contributed by atoms with E-state index >= 15 is 0 Å². The lowest BCUT2D eigenvalue weighted by atomic mass is 10.0. The maximum Gasteiger partial charge on any atom is 0.303 e. The Morgan fingerprint density at radius 1 is 1.05 bits per heavy atom. The second-order valence-corrected chi connectivity index (χ2v) is 11.6. The Morgan fingerprint density at radius 2 is 1.82 bits per heavy atom. The number of methoxy groups -OCH3 is 1. The van der Waals surface area contributed by atoms with E-state index in [-0.39, 0.29) is 11.9 Å². The van der Waals surface area contributed by atoms with Crippen LogP contribution in [0, 0.1) is 0 Å². The minimum Gasteiger partial charge on any atom is -0.497 e. The summed E-state index contributed by atoms with van der Waals surface area (Å²) in [6.45, 7) is 5.48. The average molecular weight is 580 g/mol. The summed E-state index contributed by atoms with van der Waals surface area (Å²) in [5, 5.41) is 3.76. The fourth-order valence-electron chi connectivity index (χ4n) is 5.34. The Labute approximate surface area is 244 Å². The van der Waals surface area contributed by atoms with Crippen LogP contribution in [-0.2, 0) is 14.3 Å². The van der Waals surface area contributed by atoms with E-state index in [9.17, 15) is 9.59 Å². The monoisotopic (exact) mass is 579 g/mol. The maximum atomic E-state index is 14.1. The second-order valence-electron chi connectivity index (χ2n) is 10.0. The topological polar surface area (TPSA) is 71.1 Å². The molecule has 0 bridgehead atoms. The van der Waals surface area contributed by atoms with Gasteiger partial charge in [0.05, 0.1) is 18.0 Å². The summed E-state index contributed by atoms with van der Waals surface area (Å²) < 4.78 is 11.0. The fourth-order valence-corrected chi connectivity index (χ4v) is 6.93. The van der Waals surface area contributed by atoms with Crippen LogP contribution in [0.15, 0.2) is 77.7 Å². The standard InChI is InChI=1S/C31H34ClN3O4S/c1-21(36)39-29-30(23-9-12-25(38-2)13-10-23)40-28-19-24(32)11-14-27(28)35(31(29)37)17-6-16-34-18-15-33-26(20-34)22-7-4-3-5-8-22/h3-5,7-14,19,26,29-30,33H,6,15-18,20H2,1-2H3/t26?,29-,30+/m1/s1. The van der Waals surface area contributed by atoms with E-state index in [0.717, 1.165) is 48.7 Å². The molecule has 0 saturated carbocycles. The molecule has 2 heterocycles. The van der Waals surface area contributed by atoms with Crippen LogP contribution < -0.4 is 15.0 Å². The molecular weight excluding hydrogens is 546 g/mol. The van der Waals surface area contributed by atoms with Gasteiger partial charge in [0.25, 0.3) is 5.91 Å². The van der Waals surface area contributed by atoms with Crippen molar-refractivity contribution in [3.05, 3.63) is 88.9 Å². The molecule has 1 saturated heterocycles. The lowest BCUT2D eigenvalue weighted by Gasteiger charge is -2.34. The van der Waals surface area contributed by atoms with E-state index in [2.05, 4.69) is 34.5 Å². The number of nitrogens with one attached hydrogen (secondary N) is 1. The summed E-state index contributed by atoms with van der Waals surface area (Å²) in [6.07, 6.45) is -0.205. The number of anilines is 1. The van der Waals surface area contributed by atoms with E-state index in [0.29, 0.717) is 17.3 Å². The number of benzene rings is 3. The molecule has 0 spiro atoms. The number of ether oxygens (including phenoxy) is 2. The van der Waals surface area contributed by atoms with Gasteiger partial charge in [0.15, 0.2) is 6.10 Å². The zero-order chi connectivity index (χ0) is 28.1. The van der Waals surface area contributed by atoms with Crippen LogP contribution in [0.1, 0.15) is 35.8 Å². The Bertz CT molecular complexity index is 1320. The smallest absolute Gasteiger partial charge is 0.303 e. The van der Waals surface area contributed by atoms with Crippen molar-refractivity contribution < 1.29 is 19.1 Å². The van der Waals surface area contributed by atoms with Gasteiger partial charge in [0, 0.05) is 49.1 Å². The lowest BCUT2D eigenvalue weighted by Crippen LogP contribution is -2.47. The number of thioether (sulfide) groups is 1. The molecular formula is C31H34ClN3O4S. The van der Waals surface area contributed by atoms with E-state index < -0.39 is 17.3 Å². The molecule has 1 unspecified atom stereocenters. The van der Waals surface area contributed by atoms with Crippen LogP contribution >= 0.6 is 23.4 Å². The summed E-state index contributed by atoms with van der Waals surface area (Å²) in [5.41, 5.74) is 2.94. The molecule has 5 rings (SSSR count). The van der Waals surface area contributed by atoms with Crippen molar-refractivity contribution in [2.75, 3.05) is 44.7 Å². The third-order valence-corrected chi connectivity index (χ3v) is 8.90. The van der Waals surface area contributed by atoms with E-state index in [1.807, 2.05) is 42.5 Å². The molecule has 3 atom stereocenters. The van der Waals surface area contributed by atoms with Crippen molar-refractivity contribution in [3.63, 3.8) is 0 Å². The molecule has 3 aromatic carbocycles.